The number of thiol groups is 2. The zero-order valence-corrected chi connectivity index (χ0v) is 14.1. The predicted octanol–water partition coefficient (Wildman–Crippen LogP) is 2.33. The third-order valence-electron chi connectivity index (χ3n) is 2.91. The van der Waals surface area contributed by atoms with Gasteiger partial charge < -0.3 is 0 Å². The van der Waals surface area contributed by atoms with Gasteiger partial charge in [0.2, 0.25) is 0 Å². The molecule has 2 heterocycles. The first kappa shape index (κ1) is 15.9. The summed E-state index contributed by atoms with van der Waals surface area (Å²) in [4.78, 5) is 8.33. The van der Waals surface area contributed by atoms with E-state index >= 15 is 0 Å². The van der Waals surface area contributed by atoms with Crippen molar-refractivity contribution >= 4 is 64.2 Å². The van der Waals surface area contributed by atoms with Gasteiger partial charge in [0.05, 0.1) is 6.20 Å². The number of hydrogen-bond donors (Lipinski definition) is 2. The Morgan fingerprint density at radius 3 is 2.30 bits per heavy atom. The van der Waals surface area contributed by atoms with Gasteiger partial charge in [0, 0.05) is 25.5 Å². The number of piperidine rings is 1. The molecule has 20 heavy (non-hydrogen) atoms. The van der Waals surface area contributed by atoms with Crippen molar-refractivity contribution in [3.63, 3.8) is 0 Å². The van der Waals surface area contributed by atoms with E-state index < -0.39 is 0 Å². The fourth-order valence-electron chi connectivity index (χ4n) is 2.08. The molecule has 108 valence electrons. The lowest BCUT2D eigenvalue weighted by Crippen LogP contribution is -2.57. The first-order valence-corrected chi connectivity index (χ1v) is 7.89. The van der Waals surface area contributed by atoms with Crippen LogP contribution in [-0.2, 0) is 0 Å². The topological polar surface area (TPSA) is 35.5 Å². The molecule has 0 N–H and O–H groups in total. The van der Waals surface area contributed by atoms with E-state index in [0.29, 0.717) is 14.5 Å². The molecular formula is C11H15N5S4. The minimum absolute atomic E-state index is 0.340. The molecule has 9 heteroatoms. The highest BCUT2D eigenvalue weighted by molar-refractivity contribution is 8.12. The van der Waals surface area contributed by atoms with E-state index in [2.05, 4.69) is 40.2 Å². The molecular weight excluding hydrogens is 330 g/mol. The average Bonchev–Trinajstić information content (AvgIpc) is 2.45. The minimum Gasteiger partial charge on any atom is -0.259 e. The van der Waals surface area contributed by atoms with E-state index in [1.54, 1.807) is 28.7 Å². The molecule has 1 aromatic heterocycles. The monoisotopic (exact) mass is 345 g/mol. The Morgan fingerprint density at radius 1 is 1.10 bits per heavy atom. The van der Waals surface area contributed by atoms with Crippen LogP contribution in [-0.4, -0.2) is 41.8 Å². The first-order valence-electron chi connectivity index (χ1n) is 6.18. The molecule has 0 aliphatic carbocycles. The highest BCUT2D eigenvalue weighted by atomic mass is 32.1. The van der Waals surface area contributed by atoms with Crippen molar-refractivity contribution in [3.8, 4) is 0 Å². The van der Waals surface area contributed by atoms with Crippen LogP contribution in [0.25, 0.3) is 0 Å². The van der Waals surface area contributed by atoms with E-state index in [0.717, 1.165) is 25.9 Å². The van der Waals surface area contributed by atoms with Crippen LogP contribution in [0.4, 0.5) is 5.82 Å². The van der Waals surface area contributed by atoms with Gasteiger partial charge in [-0.25, -0.2) is 9.99 Å². The van der Waals surface area contributed by atoms with Gasteiger partial charge in [-0.2, -0.15) is 10.1 Å². The summed E-state index contributed by atoms with van der Waals surface area (Å²) in [7, 11) is 0. The smallest absolute Gasteiger partial charge is 0.173 e. The standard InChI is InChI=1S/C11H15N5S4/c17-10(18)15(9-8-12-4-5-13-9)16(11(19)20)14-6-2-1-3-7-14/h4-5,8H,1-3,6-7H2,(H,17,18)(H,19,20). The van der Waals surface area contributed by atoms with Crippen molar-refractivity contribution in [2.24, 2.45) is 0 Å². The Morgan fingerprint density at radius 2 is 1.80 bits per heavy atom. The van der Waals surface area contributed by atoms with Gasteiger partial charge in [0.25, 0.3) is 0 Å². The molecule has 0 amide bonds. The highest BCUT2D eigenvalue weighted by Crippen LogP contribution is 2.21. The molecule has 1 aromatic rings. The Balaban J connectivity index is 2.33. The molecule has 0 unspecified atom stereocenters. The maximum atomic E-state index is 5.26. The van der Waals surface area contributed by atoms with E-state index in [1.807, 2.05) is 0 Å². The number of rotatable bonds is 2. The van der Waals surface area contributed by atoms with E-state index in [1.165, 1.54) is 6.42 Å². The van der Waals surface area contributed by atoms with Crippen molar-refractivity contribution in [1.82, 2.24) is 20.1 Å². The number of aromatic nitrogens is 2. The lowest BCUT2D eigenvalue weighted by atomic mass is 10.2. The molecule has 0 radical (unpaired) electrons. The zero-order valence-electron chi connectivity index (χ0n) is 10.7. The largest absolute Gasteiger partial charge is 0.259 e. The lowest BCUT2D eigenvalue weighted by molar-refractivity contribution is 0.0338. The van der Waals surface area contributed by atoms with Gasteiger partial charge in [-0.15, -0.1) is 25.3 Å². The van der Waals surface area contributed by atoms with E-state index in [-0.39, 0.29) is 0 Å². The summed E-state index contributed by atoms with van der Waals surface area (Å²) in [5.74, 6) is 0.564. The second kappa shape index (κ2) is 7.51. The average molecular weight is 346 g/mol. The molecule has 2 rings (SSSR count). The zero-order chi connectivity index (χ0) is 14.5. The van der Waals surface area contributed by atoms with Crippen molar-refractivity contribution in [2.75, 3.05) is 18.1 Å². The summed E-state index contributed by atoms with van der Waals surface area (Å²) in [6.07, 6.45) is 8.27. The quantitative estimate of drug-likeness (QED) is 0.484. The van der Waals surface area contributed by atoms with Gasteiger partial charge in [0.1, 0.15) is 0 Å². The van der Waals surface area contributed by atoms with Crippen LogP contribution in [0.5, 0.6) is 0 Å². The molecule has 0 bridgehead atoms. The number of hydrazine groups is 2. The van der Waals surface area contributed by atoms with Crippen molar-refractivity contribution in [1.29, 1.82) is 0 Å². The number of nitrogens with zero attached hydrogens (tertiary/aromatic N) is 5. The fraction of sp³-hybridized carbons (Fsp3) is 0.455. The Labute approximate surface area is 140 Å². The van der Waals surface area contributed by atoms with Crippen LogP contribution in [0.2, 0.25) is 0 Å². The minimum atomic E-state index is 0.340. The van der Waals surface area contributed by atoms with Gasteiger partial charge in [-0.3, -0.25) is 4.98 Å². The van der Waals surface area contributed by atoms with Gasteiger partial charge in [0.15, 0.2) is 14.5 Å². The van der Waals surface area contributed by atoms with Crippen LogP contribution >= 0.6 is 49.7 Å². The summed E-state index contributed by atoms with van der Waals surface area (Å²) >= 11 is 19.1. The van der Waals surface area contributed by atoms with Crippen molar-refractivity contribution in [2.45, 2.75) is 19.3 Å². The van der Waals surface area contributed by atoms with Gasteiger partial charge in [-0.05, 0) is 25.1 Å². The number of thiocarbonyl (C=S) groups is 2. The lowest BCUT2D eigenvalue weighted by Gasteiger charge is -2.43. The first-order chi connectivity index (χ1) is 9.61. The Bertz CT molecular complexity index is 477. The van der Waals surface area contributed by atoms with Gasteiger partial charge >= 0.3 is 0 Å². The molecule has 1 aliphatic rings. The summed E-state index contributed by atoms with van der Waals surface area (Å²) in [6.45, 7) is 1.79. The van der Waals surface area contributed by atoms with Crippen molar-refractivity contribution in [3.05, 3.63) is 18.6 Å². The molecule has 1 saturated heterocycles. The molecule has 0 spiro atoms. The number of anilines is 1. The van der Waals surface area contributed by atoms with Crippen LogP contribution in [0.3, 0.4) is 0 Å². The van der Waals surface area contributed by atoms with Crippen LogP contribution < -0.4 is 5.01 Å². The summed E-state index contributed by atoms with van der Waals surface area (Å²) in [6, 6.07) is 0. The van der Waals surface area contributed by atoms with E-state index in [4.69, 9.17) is 24.4 Å². The van der Waals surface area contributed by atoms with Crippen LogP contribution in [0.1, 0.15) is 19.3 Å². The van der Waals surface area contributed by atoms with Gasteiger partial charge in [-0.1, -0.05) is 18.6 Å². The molecule has 0 aromatic carbocycles. The molecule has 1 aliphatic heterocycles. The highest BCUT2D eigenvalue weighted by Gasteiger charge is 2.28. The second-order valence-electron chi connectivity index (χ2n) is 4.24. The van der Waals surface area contributed by atoms with Crippen LogP contribution in [0, 0.1) is 0 Å². The summed E-state index contributed by atoms with van der Waals surface area (Å²) in [5.41, 5.74) is 0. The van der Waals surface area contributed by atoms with Crippen LogP contribution in [0.15, 0.2) is 18.6 Å². The summed E-state index contributed by atoms with van der Waals surface area (Å²) in [5, 5.41) is 5.50. The number of hydrogen-bond acceptors (Lipinski definition) is 5. The Hall–Kier alpha value is -0.480. The SMILES string of the molecule is S=C(S)N(c1cnccn1)N(C(=S)S)N1CCCCC1. The molecule has 0 saturated carbocycles. The maximum Gasteiger partial charge on any atom is 0.173 e. The maximum absolute atomic E-state index is 5.26. The third-order valence-corrected chi connectivity index (χ3v) is 3.61. The fourth-order valence-corrected chi connectivity index (χ4v) is 2.85. The second-order valence-corrected chi connectivity index (χ2v) is 6.47. The molecule has 1 fully saturated rings. The Kier molecular flexibility index (Phi) is 5.97. The van der Waals surface area contributed by atoms with Crippen molar-refractivity contribution < 1.29 is 0 Å². The summed E-state index contributed by atoms with van der Waals surface area (Å²) < 4.78 is 0.737. The van der Waals surface area contributed by atoms with E-state index in [9.17, 15) is 0 Å². The third kappa shape index (κ3) is 3.79. The predicted molar refractivity (Wildman–Crippen MR) is 94.9 cm³/mol. The normalized spacial score (nSPS) is 15.7. The molecule has 5 nitrogen and oxygen atoms in total. The molecule has 0 atom stereocenters.